The van der Waals surface area contributed by atoms with E-state index in [1.54, 1.807) is 0 Å². The molecule has 12 aliphatic rings. The molecule has 20 atom stereocenters. The molecule has 4 saturated heterocycles. The maximum atomic E-state index is 11.5. The maximum absolute atomic E-state index is 11.5. The summed E-state index contributed by atoms with van der Waals surface area (Å²) in [6.45, 7) is 0. The second kappa shape index (κ2) is 13.8. The number of hydrogen-bond donors (Lipinski definition) is 0. The predicted octanol–water partition coefficient (Wildman–Crippen LogP) is -2.20. The molecule has 0 aromatic heterocycles. The number of carbonyl (C=O) groups is 8. The molecule has 0 aromatic rings. The number of rotatable bonds is 4. The van der Waals surface area contributed by atoms with Gasteiger partial charge in [-0.3, -0.25) is 19.2 Å². The fourth-order valence-electron chi connectivity index (χ4n) is 13.4. The van der Waals surface area contributed by atoms with Gasteiger partial charge in [-0.05, 0) is 51.4 Å². The summed E-state index contributed by atoms with van der Waals surface area (Å²) in [5.41, 5.74) is -5.58. The Bertz CT molecular complexity index is 1640. The van der Waals surface area contributed by atoms with Crippen LogP contribution in [0.3, 0.4) is 0 Å². The molecule has 12 fully saturated rings. The van der Waals surface area contributed by atoms with Gasteiger partial charge in [-0.15, -0.1) is 0 Å². The number of ether oxygens (including phenoxy) is 4. The van der Waals surface area contributed by atoms with Gasteiger partial charge in [0, 0.05) is 66.7 Å². The first-order chi connectivity index (χ1) is 26.4. The number of halogens is 4. The van der Waals surface area contributed by atoms with Gasteiger partial charge in [0.25, 0.3) is 0 Å². The Morgan fingerprint density at radius 1 is 0.404 bits per heavy atom. The molecule has 57 heavy (non-hydrogen) atoms. The Balaban J connectivity index is 0.000000106. The smallest absolute Gasteiger partial charge is 0.549 e. The third-order valence-electron chi connectivity index (χ3n) is 15.8. The van der Waals surface area contributed by atoms with Crippen molar-refractivity contribution in [3.63, 3.8) is 0 Å². The van der Waals surface area contributed by atoms with Crippen LogP contribution in [0.5, 0.6) is 0 Å². The summed E-state index contributed by atoms with van der Waals surface area (Å²) in [6.07, 6.45) is 6.04. The summed E-state index contributed by atoms with van der Waals surface area (Å²) in [6, 6.07) is 0. The monoisotopic (exact) mass is 1220 g/mol. The van der Waals surface area contributed by atoms with Crippen LogP contribution in [-0.2, 0) is 83.1 Å². The van der Waals surface area contributed by atoms with Gasteiger partial charge in [0.15, 0.2) is 0 Å². The van der Waals surface area contributed by atoms with E-state index in [-0.39, 0.29) is 117 Å². The van der Waals surface area contributed by atoms with Gasteiger partial charge < -0.3 is 58.6 Å². The summed E-state index contributed by atoms with van der Waals surface area (Å²) >= 11 is 13.3. The molecule has 0 aromatic carbocycles. The molecule has 0 radical (unpaired) electrons. The molecule has 8 saturated carbocycles. The molecule has 4 aliphatic heterocycles. The van der Waals surface area contributed by atoms with E-state index in [4.69, 9.17) is 18.9 Å². The van der Waals surface area contributed by atoms with Crippen molar-refractivity contribution in [2.24, 2.45) is 69.0 Å². The Hall–Kier alpha value is -1.45. The van der Waals surface area contributed by atoms with Gasteiger partial charge in [0.1, 0.15) is 46.1 Å². The van der Waals surface area contributed by atoms with Gasteiger partial charge in [0.2, 0.25) is 0 Å². The van der Waals surface area contributed by atoms with E-state index in [1.165, 1.54) is 0 Å². The molecule has 20 unspecified atom stereocenters. The predicted molar refractivity (Wildman–Crippen MR) is 185 cm³/mol. The molecule has 8 aliphatic carbocycles. The zero-order valence-corrected chi connectivity index (χ0v) is 39.4. The number of esters is 4. The van der Waals surface area contributed by atoms with Crippen molar-refractivity contribution >= 4 is 111 Å². The molecule has 4 heterocycles. The van der Waals surface area contributed by atoms with Gasteiger partial charge >= 0.3 is 49.7 Å². The molecule has 21 heteroatoms. The van der Waals surface area contributed by atoms with Gasteiger partial charge in [-0.25, -0.2) is 0 Å². The van der Waals surface area contributed by atoms with Crippen molar-refractivity contribution in [1.82, 2.24) is 0 Å². The van der Waals surface area contributed by atoms with Crippen molar-refractivity contribution in [3.05, 3.63) is 0 Å². The number of aliphatic carboxylic acids is 4. The summed E-state index contributed by atoms with van der Waals surface area (Å²) < 4.78 is 20.4. The van der Waals surface area contributed by atoms with Crippen molar-refractivity contribution < 1.29 is 104 Å². The van der Waals surface area contributed by atoms with Crippen LogP contribution in [-0.4, -0.2) is 91.5 Å². The third-order valence-corrected chi connectivity index (χ3v) is 21.4. The first kappa shape index (κ1) is 42.2. The fraction of sp³-hybridized carbons (Fsp3) is 0.778. The molecule has 12 rings (SSSR count). The first-order valence-corrected chi connectivity index (χ1v) is 22.3. The molecular formula is C36H32Br4HfO16. The maximum Gasteiger partial charge on any atom is 4.00 e. The van der Waals surface area contributed by atoms with E-state index in [0.29, 0.717) is 0 Å². The number of alkyl halides is 4. The summed E-state index contributed by atoms with van der Waals surface area (Å²) in [7, 11) is 0. The zero-order valence-electron chi connectivity index (χ0n) is 29.4. The fourth-order valence-corrected chi connectivity index (χ4v) is 18.5. The average Bonchev–Trinajstić information content (AvgIpc) is 3.99. The van der Waals surface area contributed by atoms with Crippen LogP contribution in [0, 0.1) is 69.0 Å². The molecular weight excluding hydrogens is 1190 g/mol. The number of carboxylic acids is 4. The minimum absolute atomic E-state index is 0. The van der Waals surface area contributed by atoms with Crippen LogP contribution < -0.4 is 20.4 Å². The van der Waals surface area contributed by atoms with Crippen molar-refractivity contribution in [1.29, 1.82) is 0 Å². The minimum atomic E-state index is -1.40. The van der Waals surface area contributed by atoms with E-state index in [1.807, 2.05) is 0 Å². The number of hydrogen-bond acceptors (Lipinski definition) is 16. The molecule has 304 valence electrons. The van der Waals surface area contributed by atoms with Gasteiger partial charge in [-0.2, -0.15) is 0 Å². The van der Waals surface area contributed by atoms with Crippen LogP contribution in [0.25, 0.3) is 0 Å². The average molecular weight is 1220 g/mol. The second-order valence-corrected chi connectivity index (χ2v) is 21.0. The van der Waals surface area contributed by atoms with Gasteiger partial charge in [0.05, 0.1) is 23.9 Å². The Labute approximate surface area is 376 Å². The first-order valence-electron chi connectivity index (χ1n) is 18.7. The second-order valence-electron chi connectivity index (χ2n) is 17.1. The third kappa shape index (κ3) is 4.73. The molecule has 16 nitrogen and oxygen atoms in total. The van der Waals surface area contributed by atoms with E-state index >= 15 is 0 Å². The van der Waals surface area contributed by atoms with Crippen LogP contribution in [0.1, 0.15) is 51.4 Å². The van der Waals surface area contributed by atoms with Crippen LogP contribution >= 0.6 is 63.7 Å². The van der Waals surface area contributed by atoms with Crippen LogP contribution in [0.2, 0.25) is 0 Å². The number of carboxylic acid groups (broad SMARTS) is 4. The number of carbonyl (C=O) groups excluding carboxylic acids is 8. The topological polar surface area (TPSA) is 266 Å². The largest absolute Gasteiger partial charge is 4.00 e. The van der Waals surface area contributed by atoms with E-state index in [0.717, 1.165) is 51.4 Å². The van der Waals surface area contributed by atoms with Crippen LogP contribution in [0.4, 0.5) is 0 Å². The molecule has 0 amide bonds. The molecule has 0 spiro atoms. The van der Waals surface area contributed by atoms with Crippen LogP contribution in [0.15, 0.2) is 0 Å². The van der Waals surface area contributed by atoms with E-state index < -0.39 is 69.4 Å². The summed E-state index contributed by atoms with van der Waals surface area (Å²) in [5, 5.41) is 44.6. The van der Waals surface area contributed by atoms with E-state index in [2.05, 4.69) is 63.7 Å². The molecule has 16 bridgehead atoms. The summed E-state index contributed by atoms with van der Waals surface area (Å²) in [4.78, 5) is 89.5. The van der Waals surface area contributed by atoms with E-state index in [9.17, 15) is 58.8 Å². The Kier molecular flexibility index (Phi) is 10.2. The van der Waals surface area contributed by atoms with Crippen molar-refractivity contribution in [2.75, 3.05) is 0 Å². The Morgan fingerprint density at radius 2 is 0.579 bits per heavy atom. The standard InChI is InChI=1S/4C9H9BrO4.Hf/c4*10-6-3-1-2-4-5(3)14-8(13)9(4,6)7(11)12;/h4*3-6H,1-2H2,(H,11,12);/q;;;;+4/p-4. The normalized spacial score (nSPS) is 52.7. The summed E-state index contributed by atoms with van der Waals surface area (Å²) in [5.74, 6) is -7.58. The minimum Gasteiger partial charge on any atom is -0.549 e. The Morgan fingerprint density at radius 3 is 0.702 bits per heavy atom. The van der Waals surface area contributed by atoms with Crippen molar-refractivity contribution in [2.45, 2.75) is 95.1 Å². The zero-order chi connectivity index (χ0) is 40.3. The van der Waals surface area contributed by atoms with Gasteiger partial charge in [-0.1, -0.05) is 63.7 Å². The quantitative estimate of drug-likeness (QED) is 0.0951. The SMILES string of the molecule is O=C([O-])C12C(=O)OC3C(CCC31)C2Br.O=C([O-])C12C(=O)OC3C(CCC31)C2Br.O=C([O-])C12C(=O)OC3C(CCC31)C2Br.O=C([O-])C12C(=O)OC3C(CCC31)C2Br.[Hf+4]. The van der Waals surface area contributed by atoms with Crippen molar-refractivity contribution in [3.8, 4) is 0 Å². The molecule has 0 N–H and O–H groups in total.